The van der Waals surface area contributed by atoms with E-state index in [1.165, 1.54) is 21.2 Å². The normalized spacial score (nSPS) is 18.2. The van der Waals surface area contributed by atoms with Crippen LogP contribution in [0.3, 0.4) is 0 Å². The maximum Gasteiger partial charge on any atom is 0.0647 e. The Morgan fingerprint density at radius 3 is 2.74 bits per heavy atom. The van der Waals surface area contributed by atoms with Crippen molar-refractivity contribution in [1.29, 1.82) is 0 Å². The molecule has 0 amide bonds. The first-order valence-electron chi connectivity index (χ1n) is 6.59. The van der Waals surface area contributed by atoms with E-state index in [2.05, 4.69) is 70.8 Å². The van der Waals surface area contributed by atoms with E-state index in [4.69, 9.17) is 5.73 Å². The number of hydrogen-bond donors (Lipinski definition) is 1. The zero-order valence-electron chi connectivity index (χ0n) is 10.9. The van der Waals surface area contributed by atoms with Gasteiger partial charge in [-0.25, -0.2) is 0 Å². The van der Waals surface area contributed by atoms with Crippen molar-refractivity contribution in [3.05, 3.63) is 51.6 Å². The topological polar surface area (TPSA) is 29.3 Å². The van der Waals surface area contributed by atoms with Gasteiger partial charge in [0.05, 0.1) is 11.4 Å². The number of nitrogen functional groups attached to an aromatic ring is 1. The van der Waals surface area contributed by atoms with Gasteiger partial charge in [-0.1, -0.05) is 18.2 Å². The van der Waals surface area contributed by atoms with Gasteiger partial charge in [0.15, 0.2) is 0 Å². The number of para-hydroxylation sites is 1. The number of anilines is 3. The van der Waals surface area contributed by atoms with Crippen molar-refractivity contribution in [2.45, 2.75) is 25.8 Å². The lowest BCUT2D eigenvalue weighted by molar-refractivity contribution is 0.618. The van der Waals surface area contributed by atoms with Crippen LogP contribution in [-0.2, 0) is 6.42 Å². The first-order valence-corrected chi connectivity index (χ1v) is 7.67. The molecule has 2 aromatic carbocycles. The Balaban J connectivity index is 2.13. The van der Waals surface area contributed by atoms with Crippen molar-refractivity contribution in [2.24, 2.45) is 0 Å². The summed E-state index contributed by atoms with van der Waals surface area (Å²) in [5, 5.41) is 0. The predicted octanol–water partition coefficient (Wildman–Crippen LogP) is 4.35. The predicted molar refractivity (Wildman–Crippen MR) is 89.9 cm³/mol. The monoisotopic (exact) mass is 364 g/mol. The van der Waals surface area contributed by atoms with E-state index in [9.17, 15) is 0 Å². The lowest BCUT2D eigenvalue weighted by Gasteiger charge is -2.37. The summed E-state index contributed by atoms with van der Waals surface area (Å²) in [5.41, 5.74) is 10.9. The van der Waals surface area contributed by atoms with Crippen LogP contribution < -0.4 is 10.6 Å². The zero-order valence-corrected chi connectivity index (χ0v) is 13.1. The maximum absolute atomic E-state index is 6.23. The lowest BCUT2D eigenvalue weighted by atomic mass is 9.95. The molecule has 0 saturated carbocycles. The number of fused-ring (bicyclic) bond motifs is 1. The zero-order chi connectivity index (χ0) is 13.4. The van der Waals surface area contributed by atoms with Gasteiger partial charge in [-0.2, -0.15) is 0 Å². The number of nitrogens with two attached hydrogens (primary N) is 1. The molecule has 2 nitrogen and oxygen atoms in total. The largest absolute Gasteiger partial charge is 0.397 e. The molecule has 0 bridgehead atoms. The molecule has 0 aromatic heterocycles. The Hall–Kier alpha value is -1.23. The molecule has 0 saturated heterocycles. The van der Waals surface area contributed by atoms with E-state index in [1.807, 2.05) is 6.07 Å². The number of benzene rings is 2. The van der Waals surface area contributed by atoms with Crippen molar-refractivity contribution in [1.82, 2.24) is 0 Å². The van der Waals surface area contributed by atoms with Crippen LogP contribution in [-0.4, -0.2) is 6.04 Å². The molecular formula is C16H17IN2. The third-order valence-electron chi connectivity index (χ3n) is 3.77. The molecule has 0 spiro atoms. The molecule has 0 radical (unpaired) electrons. The Kier molecular flexibility index (Phi) is 3.39. The van der Waals surface area contributed by atoms with Crippen molar-refractivity contribution >= 4 is 39.7 Å². The van der Waals surface area contributed by atoms with Crippen LogP contribution in [0.5, 0.6) is 0 Å². The molecule has 1 aliphatic rings. The summed E-state index contributed by atoms with van der Waals surface area (Å²) in [6.07, 6.45) is 2.32. The first kappa shape index (κ1) is 12.8. The molecule has 2 aromatic rings. The molecule has 3 heteroatoms. The fraction of sp³-hybridized carbons (Fsp3) is 0.250. The van der Waals surface area contributed by atoms with Gasteiger partial charge in [-0.15, -0.1) is 0 Å². The lowest BCUT2D eigenvalue weighted by Crippen LogP contribution is -2.33. The standard InChI is InChI=1S/C16H17IN2/c1-11-6-7-12-4-2-3-5-15(12)19(11)16-9-8-13(17)10-14(16)18/h2-5,8-11H,6-7,18H2,1H3. The first-order chi connectivity index (χ1) is 9.16. The van der Waals surface area contributed by atoms with Crippen LogP contribution >= 0.6 is 22.6 Å². The Labute approximate surface area is 127 Å². The molecule has 0 fully saturated rings. The maximum atomic E-state index is 6.23. The van der Waals surface area contributed by atoms with E-state index < -0.39 is 0 Å². The molecule has 3 rings (SSSR count). The van der Waals surface area contributed by atoms with Crippen LogP contribution in [0.15, 0.2) is 42.5 Å². The molecule has 2 N–H and O–H groups in total. The van der Waals surface area contributed by atoms with E-state index in [0.29, 0.717) is 6.04 Å². The third kappa shape index (κ3) is 2.31. The average Bonchev–Trinajstić information content (AvgIpc) is 2.40. The smallest absolute Gasteiger partial charge is 0.0647 e. The number of aryl methyl sites for hydroxylation is 1. The summed E-state index contributed by atoms with van der Waals surface area (Å²) in [6.45, 7) is 2.27. The summed E-state index contributed by atoms with van der Waals surface area (Å²) < 4.78 is 1.18. The van der Waals surface area contributed by atoms with Crippen LogP contribution in [0.1, 0.15) is 18.9 Å². The number of hydrogen-bond acceptors (Lipinski definition) is 2. The third-order valence-corrected chi connectivity index (χ3v) is 4.44. The molecular weight excluding hydrogens is 347 g/mol. The van der Waals surface area contributed by atoms with E-state index >= 15 is 0 Å². The SMILES string of the molecule is CC1CCc2ccccc2N1c1ccc(I)cc1N. The second kappa shape index (κ2) is 5.04. The number of halogens is 1. The highest BCUT2D eigenvalue weighted by atomic mass is 127. The molecule has 0 aliphatic carbocycles. The minimum atomic E-state index is 0.484. The molecule has 1 aliphatic heterocycles. The van der Waals surface area contributed by atoms with Gasteiger partial charge in [0.25, 0.3) is 0 Å². The summed E-state index contributed by atoms with van der Waals surface area (Å²) in [6, 6.07) is 15.4. The highest BCUT2D eigenvalue weighted by molar-refractivity contribution is 14.1. The second-order valence-electron chi connectivity index (χ2n) is 5.09. The molecule has 19 heavy (non-hydrogen) atoms. The van der Waals surface area contributed by atoms with E-state index in [0.717, 1.165) is 17.8 Å². The van der Waals surface area contributed by atoms with Gasteiger partial charge < -0.3 is 10.6 Å². The van der Waals surface area contributed by atoms with Gasteiger partial charge >= 0.3 is 0 Å². The van der Waals surface area contributed by atoms with Gasteiger partial charge in [0.1, 0.15) is 0 Å². The summed E-state index contributed by atoms with van der Waals surface area (Å²) >= 11 is 2.30. The van der Waals surface area contributed by atoms with Crippen molar-refractivity contribution < 1.29 is 0 Å². The van der Waals surface area contributed by atoms with Crippen molar-refractivity contribution in [2.75, 3.05) is 10.6 Å². The van der Waals surface area contributed by atoms with Crippen LogP contribution in [0, 0.1) is 3.57 Å². The van der Waals surface area contributed by atoms with Gasteiger partial charge in [0, 0.05) is 15.3 Å². The molecule has 1 heterocycles. The summed E-state index contributed by atoms with van der Waals surface area (Å²) in [4.78, 5) is 2.38. The quantitative estimate of drug-likeness (QED) is 0.602. The molecule has 1 unspecified atom stereocenters. The van der Waals surface area contributed by atoms with E-state index in [-0.39, 0.29) is 0 Å². The average molecular weight is 364 g/mol. The highest BCUT2D eigenvalue weighted by Crippen LogP contribution is 2.39. The molecule has 1 atom stereocenters. The second-order valence-corrected chi connectivity index (χ2v) is 6.34. The van der Waals surface area contributed by atoms with Crippen LogP contribution in [0.25, 0.3) is 0 Å². The van der Waals surface area contributed by atoms with Crippen LogP contribution in [0.2, 0.25) is 0 Å². The van der Waals surface area contributed by atoms with E-state index in [1.54, 1.807) is 0 Å². The fourth-order valence-electron chi connectivity index (χ4n) is 2.80. The number of rotatable bonds is 1. The molecule has 98 valence electrons. The van der Waals surface area contributed by atoms with Crippen molar-refractivity contribution in [3.8, 4) is 0 Å². The van der Waals surface area contributed by atoms with Crippen LogP contribution in [0.4, 0.5) is 17.1 Å². The fourth-order valence-corrected chi connectivity index (χ4v) is 3.32. The Morgan fingerprint density at radius 1 is 1.16 bits per heavy atom. The van der Waals surface area contributed by atoms with Gasteiger partial charge in [-0.05, 0) is 72.2 Å². The van der Waals surface area contributed by atoms with Gasteiger partial charge in [0.2, 0.25) is 0 Å². The minimum absolute atomic E-state index is 0.484. The summed E-state index contributed by atoms with van der Waals surface area (Å²) in [7, 11) is 0. The van der Waals surface area contributed by atoms with Crippen molar-refractivity contribution in [3.63, 3.8) is 0 Å². The minimum Gasteiger partial charge on any atom is -0.397 e. The van der Waals surface area contributed by atoms with Gasteiger partial charge in [-0.3, -0.25) is 0 Å². The summed E-state index contributed by atoms with van der Waals surface area (Å²) in [5.74, 6) is 0. The number of nitrogens with zero attached hydrogens (tertiary/aromatic N) is 1. The Bertz CT molecular complexity index is 609. The Morgan fingerprint density at radius 2 is 1.95 bits per heavy atom. The highest BCUT2D eigenvalue weighted by Gasteiger charge is 2.25.